The number of halogens is 6. The maximum absolute atomic E-state index is 12.5. The van der Waals surface area contributed by atoms with E-state index in [0.717, 1.165) is 4.47 Å². The van der Waals surface area contributed by atoms with Crippen LogP contribution >= 0.6 is 86.2 Å². The van der Waals surface area contributed by atoms with Crippen LogP contribution in [0, 0.1) is 0 Å². The van der Waals surface area contributed by atoms with E-state index in [1.807, 2.05) is 12.1 Å². The number of anilines is 1. The average Bonchev–Trinajstić information content (AvgIpc) is 2.55. The van der Waals surface area contributed by atoms with Crippen LogP contribution in [-0.2, 0) is 0 Å². The van der Waals surface area contributed by atoms with Gasteiger partial charge in [0.2, 0.25) is 3.79 Å². The second-order valence-electron chi connectivity index (χ2n) is 5.18. The third kappa shape index (κ3) is 7.13. The van der Waals surface area contributed by atoms with Gasteiger partial charge in [-0.3, -0.25) is 4.79 Å². The minimum Gasteiger partial charge on any atom is -0.339 e. The third-order valence-electron chi connectivity index (χ3n) is 3.16. The van der Waals surface area contributed by atoms with Gasteiger partial charge in [-0.1, -0.05) is 73.9 Å². The number of amides is 1. The summed E-state index contributed by atoms with van der Waals surface area (Å²) in [5.41, 5.74) is 0.889. The van der Waals surface area contributed by atoms with Crippen molar-refractivity contribution in [2.45, 2.75) is 9.96 Å². The predicted molar refractivity (Wildman–Crippen MR) is 122 cm³/mol. The summed E-state index contributed by atoms with van der Waals surface area (Å²) < 4.78 is -0.974. The minimum atomic E-state index is -1.89. The summed E-state index contributed by atoms with van der Waals surface area (Å²) in [4.78, 5) is 12.5. The topological polar surface area (TPSA) is 53.2 Å². The van der Waals surface area contributed by atoms with Gasteiger partial charge >= 0.3 is 0 Å². The van der Waals surface area contributed by atoms with Crippen molar-refractivity contribution in [3.05, 3.63) is 62.5 Å². The van der Waals surface area contributed by atoms with Gasteiger partial charge in [0.15, 0.2) is 5.11 Å². The maximum Gasteiger partial charge on any atom is 0.254 e. The summed E-state index contributed by atoms with van der Waals surface area (Å²) in [6, 6.07) is 11.7. The van der Waals surface area contributed by atoms with E-state index in [9.17, 15) is 4.79 Å². The third-order valence-corrected chi connectivity index (χ3v) is 5.11. The van der Waals surface area contributed by atoms with Crippen LogP contribution < -0.4 is 16.0 Å². The van der Waals surface area contributed by atoms with Crippen LogP contribution in [0.3, 0.4) is 0 Å². The molecule has 0 aliphatic heterocycles. The molecule has 0 aromatic heterocycles. The average molecular weight is 551 g/mol. The van der Waals surface area contributed by atoms with Gasteiger partial charge in [-0.15, -0.1) is 0 Å². The van der Waals surface area contributed by atoms with Gasteiger partial charge in [-0.25, -0.2) is 0 Å². The van der Waals surface area contributed by atoms with Crippen LogP contribution in [0.1, 0.15) is 10.4 Å². The molecule has 0 spiro atoms. The first-order valence-electron chi connectivity index (χ1n) is 7.22. The zero-order chi connectivity index (χ0) is 20.2. The van der Waals surface area contributed by atoms with Gasteiger partial charge in [-0.2, -0.15) is 0 Å². The van der Waals surface area contributed by atoms with Crippen molar-refractivity contribution < 1.29 is 4.79 Å². The van der Waals surface area contributed by atoms with E-state index < -0.39 is 15.9 Å². The number of hydrogen-bond acceptors (Lipinski definition) is 2. The van der Waals surface area contributed by atoms with Crippen molar-refractivity contribution >= 4 is 103 Å². The van der Waals surface area contributed by atoms with Crippen LogP contribution in [0.25, 0.3) is 0 Å². The Morgan fingerprint density at radius 1 is 1.04 bits per heavy atom. The second kappa shape index (κ2) is 9.83. The Labute approximate surface area is 195 Å². The molecule has 27 heavy (non-hydrogen) atoms. The zero-order valence-corrected chi connectivity index (χ0v) is 19.4. The molecule has 0 bridgehead atoms. The number of rotatable bonds is 4. The maximum atomic E-state index is 12.5. The number of thiocarbonyl (C=S) groups is 1. The smallest absolute Gasteiger partial charge is 0.254 e. The van der Waals surface area contributed by atoms with Gasteiger partial charge in [0, 0.05) is 15.2 Å². The van der Waals surface area contributed by atoms with Crippen molar-refractivity contribution in [3.63, 3.8) is 0 Å². The minimum absolute atomic E-state index is 0.149. The molecule has 3 N–H and O–H groups in total. The van der Waals surface area contributed by atoms with E-state index >= 15 is 0 Å². The molecule has 0 heterocycles. The molecule has 0 unspecified atom stereocenters. The summed E-state index contributed by atoms with van der Waals surface area (Å²) in [5.74, 6) is -0.563. The molecular formula is C16H11BrCl5N3OS. The summed E-state index contributed by atoms with van der Waals surface area (Å²) in [6.45, 7) is 0. The van der Waals surface area contributed by atoms with Crippen LogP contribution in [0.4, 0.5) is 5.69 Å². The van der Waals surface area contributed by atoms with E-state index in [2.05, 4.69) is 31.9 Å². The molecule has 0 aliphatic rings. The first-order valence-corrected chi connectivity index (χ1v) is 10.3. The molecule has 2 aromatic carbocycles. The molecule has 2 rings (SSSR count). The first kappa shape index (κ1) is 22.8. The molecule has 4 nitrogen and oxygen atoms in total. The van der Waals surface area contributed by atoms with Crippen LogP contribution in [0.5, 0.6) is 0 Å². The Balaban J connectivity index is 2.09. The molecule has 0 saturated carbocycles. The van der Waals surface area contributed by atoms with Gasteiger partial charge in [0.1, 0.15) is 6.17 Å². The Kier molecular flexibility index (Phi) is 8.31. The highest BCUT2D eigenvalue weighted by atomic mass is 79.9. The molecule has 1 amide bonds. The second-order valence-corrected chi connectivity index (χ2v) is 9.71. The largest absolute Gasteiger partial charge is 0.339 e. The lowest BCUT2D eigenvalue weighted by molar-refractivity contribution is 0.0934. The lowest BCUT2D eigenvalue weighted by atomic mass is 10.2. The molecule has 0 fully saturated rings. The molecule has 0 aliphatic carbocycles. The highest BCUT2D eigenvalue weighted by Crippen LogP contribution is 2.30. The number of carbonyl (C=O) groups excluding carboxylic acids is 1. The van der Waals surface area contributed by atoms with E-state index in [1.165, 1.54) is 18.2 Å². The van der Waals surface area contributed by atoms with Gasteiger partial charge in [-0.05, 0) is 54.7 Å². The molecule has 0 saturated heterocycles. The molecule has 1 atom stereocenters. The fourth-order valence-corrected chi connectivity index (χ4v) is 3.24. The lowest BCUT2D eigenvalue weighted by Crippen LogP contribution is -2.56. The van der Waals surface area contributed by atoms with Gasteiger partial charge in [0.25, 0.3) is 5.91 Å². The molecule has 11 heteroatoms. The summed E-state index contributed by atoms with van der Waals surface area (Å²) in [6.07, 6.45) is -1.13. The summed E-state index contributed by atoms with van der Waals surface area (Å²) in [5, 5.41) is 8.96. The first-order chi connectivity index (χ1) is 12.6. The number of carbonyl (C=O) groups is 1. The number of benzene rings is 2. The monoisotopic (exact) mass is 547 g/mol. The summed E-state index contributed by atoms with van der Waals surface area (Å²) >= 11 is 38.3. The SMILES string of the molecule is O=C(N[C@H](NC(=S)Nc1ccc(Br)cc1)C(Cl)(Cl)Cl)c1ccc(Cl)cc1Cl. The number of alkyl halides is 3. The summed E-state index contributed by atoms with van der Waals surface area (Å²) in [7, 11) is 0. The van der Waals surface area contributed by atoms with Crippen LogP contribution in [-0.4, -0.2) is 21.0 Å². The Morgan fingerprint density at radius 2 is 1.67 bits per heavy atom. The fourth-order valence-electron chi connectivity index (χ4n) is 1.91. The standard InChI is InChI=1S/C16H11BrCl5N3OS/c17-8-1-4-10(5-2-8)23-15(27)25-14(16(20,21)22)24-13(26)11-6-3-9(18)7-12(11)19/h1-7,14H,(H,24,26)(H2,23,25,27)/t14-/m1/s1. The van der Waals surface area contributed by atoms with Crippen molar-refractivity contribution in [2.24, 2.45) is 0 Å². The molecular weight excluding hydrogens is 539 g/mol. The van der Waals surface area contributed by atoms with Gasteiger partial charge < -0.3 is 16.0 Å². The predicted octanol–water partition coefficient (Wildman–Crippen LogP) is 6.17. The van der Waals surface area contributed by atoms with Crippen molar-refractivity contribution in [2.75, 3.05) is 5.32 Å². The number of nitrogens with one attached hydrogen (secondary N) is 3. The highest BCUT2D eigenvalue weighted by Gasteiger charge is 2.35. The highest BCUT2D eigenvalue weighted by molar-refractivity contribution is 9.10. The Hall–Kier alpha value is -0.470. The molecule has 2 aromatic rings. The van der Waals surface area contributed by atoms with Crippen molar-refractivity contribution in [3.8, 4) is 0 Å². The molecule has 0 radical (unpaired) electrons. The van der Waals surface area contributed by atoms with Crippen molar-refractivity contribution in [1.82, 2.24) is 10.6 Å². The quantitative estimate of drug-likeness (QED) is 0.242. The van der Waals surface area contributed by atoms with Crippen LogP contribution in [0.2, 0.25) is 10.0 Å². The zero-order valence-electron chi connectivity index (χ0n) is 13.2. The number of hydrogen-bond donors (Lipinski definition) is 3. The molecule has 144 valence electrons. The van der Waals surface area contributed by atoms with E-state index in [1.54, 1.807) is 12.1 Å². The Bertz CT molecular complexity index is 845. The van der Waals surface area contributed by atoms with Crippen LogP contribution in [0.15, 0.2) is 46.9 Å². The van der Waals surface area contributed by atoms with Gasteiger partial charge in [0.05, 0.1) is 10.6 Å². The lowest BCUT2D eigenvalue weighted by Gasteiger charge is -2.28. The normalized spacial score (nSPS) is 12.2. The van der Waals surface area contributed by atoms with E-state index in [-0.39, 0.29) is 15.7 Å². The fraction of sp³-hybridized carbons (Fsp3) is 0.125. The Morgan fingerprint density at radius 3 is 2.22 bits per heavy atom. The van der Waals surface area contributed by atoms with Crippen molar-refractivity contribution in [1.29, 1.82) is 0 Å². The van der Waals surface area contributed by atoms with E-state index in [4.69, 9.17) is 70.2 Å². The van der Waals surface area contributed by atoms with E-state index in [0.29, 0.717) is 10.7 Å².